The molecule has 0 unspecified atom stereocenters. The first-order valence-corrected chi connectivity index (χ1v) is 9.85. The van der Waals surface area contributed by atoms with Crippen LogP contribution < -0.4 is 5.56 Å². The van der Waals surface area contributed by atoms with Gasteiger partial charge < -0.3 is 9.42 Å². The number of aryl methyl sites for hydroxylation is 1. The van der Waals surface area contributed by atoms with Gasteiger partial charge in [-0.1, -0.05) is 35.5 Å². The minimum Gasteiger partial charge on any atom is -0.337 e. The Hall–Kier alpha value is -3.29. The van der Waals surface area contributed by atoms with Crippen LogP contribution in [0.15, 0.2) is 51.8 Å². The summed E-state index contributed by atoms with van der Waals surface area (Å²) in [7, 11) is 0. The quantitative estimate of drug-likeness (QED) is 0.678. The van der Waals surface area contributed by atoms with Gasteiger partial charge in [-0.2, -0.15) is 10.1 Å². The fraction of sp³-hybridized carbons (Fsp3) is 0.381. The molecule has 0 spiro atoms. The molecule has 1 amide bonds. The average molecular weight is 391 g/mol. The lowest BCUT2D eigenvalue weighted by atomic mass is 9.98. The summed E-state index contributed by atoms with van der Waals surface area (Å²) < 4.78 is 6.82. The lowest BCUT2D eigenvalue weighted by Gasteiger charge is -2.33. The molecule has 1 saturated heterocycles. The van der Waals surface area contributed by atoms with Crippen molar-refractivity contribution in [3.63, 3.8) is 0 Å². The van der Waals surface area contributed by atoms with E-state index in [2.05, 4.69) is 15.2 Å². The molecule has 8 heteroatoms. The van der Waals surface area contributed by atoms with Gasteiger partial charge in [-0.25, -0.2) is 4.68 Å². The van der Waals surface area contributed by atoms with E-state index in [9.17, 15) is 9.59 Å². The predicted molar refractivity (Wildman–Crippen MR) is 104 cm³/mol. The molecule has 2 aliphatic rings. The monoisotopic (exact) mass is 391 g/mol. The maximum atomic E-state index is 13.2. The number of hydrogen-bond donors (Lipinski definition) is 0. The Morgan fingerprint density at radius 1 is 1.17 bits per heavy atom. The van der Waals surface area contributed by atoms with Crippen molar-refractivity contribution in [1.29, 1.82) is 0 Å². The second-order valence-corrected chi connectivity index (χ2v) is 7.77. The van der Waals surface area contributed by atoms with E-state index in [-0.39, 0.29) is 30.1 Å². The van der Waals surface area contributed by atoms with Crippen LogP contribution >= 0.6 is 0 Å². The van der Waals surface area contributed by atoms with Gasteiger partial charge in [0, 0.05) is 17.7 Å². The van der Waals surface area contributed by atoms with Crippen LogP contribution in [-0.4, -0.2) is 36.8 Å². The molecule has 2 fully saturated rings. The topological polar surface area (TPSA) is 94.1 Å². The van der Waals surface area contributed by atoms with Crippen molar-refractivity contribution in [2.75, 3.05) is 0 Å². The summed E-state index contributed by atoms with van der Waals surface area (Å²) in [6.07, 6.45) is 2.92. The van der Waals surface area contributed by atoms with Crippen LogP contribution in [0.3, 0.4) is 0 Å². The highest BCUT2D eigenvalue weighted by Gasteiger charge is 2.51. The molecule has 2 bridgehead atoms. The Labute approximate surface area is 167 Å². The summed E-state index contributed by atoms with van der Waals surface area (Å²) in [5.74, 6) is 1.15. The van der Waals surface area contributed by atoms with Crippen molar-refractivity contribution in [3.8, 4) is 11.4 Å². The van der Waals surface area contributed by atoms with Crippen LogP contribution in [0, 0.1) is 12.8 Å². The van der Waals surface area contributed by atoms with Crippen molar-refractivity contribution >= 4 is 5.91 Å². The smallest absolute Gasteiger partial charge is 0.267 e. The molecule has 3 atom stereocenters. The molecule has 1 aliphatic carbocycles. The molecule has 1 saturated carbocycles. The van der Waals surface area contributed by atoms with Gasteiger partial charge in [0.05, 0.1) is 5.69 Å². The first kappa shape index (κ1) is 17.8. The van der Waals surface area contributed by atoms with Crippen LogP contribution in [0.5, 0.6) is 0 Å². The predicted octanol–water partition coefficient (Wildman–Crippen LogP) is 2.35. The standard InChI is InChI=1S/C21H21N5O3/c1-13-7-10-17(27)25(23-13)12-18(28)26-16-9-8-15(11-16)19(26)21-22-20(24-29-21)14-5-3-2-4-6-14/h2-7,10,15-16,19H,8-9,11-12H2,1H3/t15-,16+,19+/m1/s1. The zero-order valence-corrected chi connectivity index (χ0v) is 16.1. The molecular formula is C21H21N5O3. The highest BCUT2D eigenvalue weighted by molar-refractivity contribution is 5.77. The number of hydrogen-bond acceptors (Lipinski definition) is 6. The zero-order valence-electron chi connectivity index (χ0n) is 16.1. The van der Waals surface area contributed by atoms with E-state index in [0.717, 1.165) is 24.8 Å². The molecule has 5 rings (SSSR count). The lowest BCUT2D eigenvalue weighted by Crippen LogP contribution is -2.43. The van der Waals surface area contributed by atoms with Gasteiger partial charge in [-0.15, -0.1) is 0 Å². The third-order valence-corrected chi connectivity index (χ3v) is 5.88. The van der Waals surface area contributed by atoms with Gasteiger partial charge in [-0.3, -0.25) is 9.59 Å². The Bertz CT molecular complexity index is 1110. The van der Waals surface area contributed by atoms with Crippen molar-refractivity contribution in [2.45, 2.75) is 44.8 Å². The number of fused-ring (bicyclic) bond motifs is 2. The second kappa shape index (κ2) is 6.95. The number of carbonyl (C=O) groups excluding carboxylic acids is 1. The first-order chi connectivity index (χ1) is 14.1. The minimum absolute atomic E-state index is 0.0834. The molecule has 1 aromatic carbocycles. The summed E-state index contributed by atoms with van der Waals surface area (Å²) in [5.41, 5.74) is 1.29. The number of piperidine rings is 1. The molecule has 0 radical (unpaired) electrons. The van der Waals surface area contributed by atoms with Gasteiger partial charge in [0.1, 0.15) is 12.6 Å². The van der Waals surface area contributed by atoms with E-state index in [1.54, 1.807) is 13.0 Å². The lowest BCUT2D eigenvalue weighted by molar-refractivity contribution is -0.137. The van der Waals surface area contributed by atoms with Crippen molar-refractivity contribution in [1.82, 2.24) is 24.8 Å². The Morgan fingerprint density at radius 2 is 2.00 bits per heavy atom. The van der Waals surface area contributed by atoms with Crippen molar-refractivity contribution < 1.29 is 9.32 Å². The van der Waals surface area contributed by atoms with E-state index >= 15 is 0 Å². The fourth-order valence-corrected chi connectivity index (χ4v) is 4.60. The number of carbonyl (C=O) groups is 1. The number of amides is 1. The second-order valence-electron chi connectivity index (χ2n) is 7.77. The number of likely N-dealkylation sites (tertiary alicyclic amines) is 1. The number of aromatic nitrogens is 4. The number of nitrogens with zero attached hydrogens (tertiary/aromatic N) is 5. The minimum atomic E-state index is -0.283. The van der Waals surface area contributed by atoms with E-state index < -0.39 is 0 Å². The first-order valence-electron chi connectivity index (χ1n) is 9.85. The van der Waals surface area contributed by atoms with Crippen molar-refractivity contribution in [2.24, 2.45) is 5.92 Å². The molecule has 3 heterocycles. The van der Waals surface area contributed by atoms with Gasteiger partial charge in [0.15, 0.2) is 0 Å². The SMILES string of the molecule is Cc1ccc(=O)n(CC(=O)N2[C@H]3CC[C@H](C3)[C@H]2c2nc(-c3ccccc3)no2)n1. The maximum absolute atomic E-state index is 13.2. The number of rotatable bonds is 4. The van der Waals surface area contributed by atoms with Crippen LogP contribution in [0.4, 0.5) is 0 Å². The normalized spacial score (nSPS) is 22.9. The summed E-state index contributed by atoms with van der Waals surface area (Å²) in [4.78, 5) is 31.7. The van der Waals surface area contributed by atoms with Gasteiger partial charge >= 0.3 is 0 Å². The Kier molecular flexibility index (Phi) is 4.26. The third kappa shape index (κ3) is 3.14. The maximum Gasteiger partial charge on any atom is 0.267 e. The highest BCUT2D eigenvalue weighted by atomic mass is 16.5. The highest BCUT2D eigenvalue weighted by Crippen LogP contribution is 2.50. The molecule has 0 N–H and O–H groups in total. The van der Waals surface area contributed by atoms with E-state index in [1.165, 1.54) is 10.7 Å². The number of benzene rings is 1. The van der Waals surface area contributed by atoms with E-state index in [1.807, 2.05) is 35.2 Å². The molecular weight excluding hydrogens is 370 g/mol. The van der Waals surface area contributed by atoms with Gasteiger partial charge in [0.25, 0.3) is 5.56 Å². The van der Waals surface area contributed by atoms with Crippen LogP contribution in [0.25, 0.3) is 11.4 Å². The van der Waals surface area contributed by atoms with Crippen LogP contribution in [0.2, 0.25) is 0 Å². The third-order valence-electron chi connectivity index (χ3n) is 5.88. The van der Waals surface area contributed by atoms with Crippen LogP contribution in [-0.2, 0) is 11.3 Å². The molecule has 3 aromatic rings. The van der Waals surface area contributed by atoms with E-state index in [4.69, 9.17) is 4.52 Å². The van der Waals surface area contributed by atoms with Crippen molar-refractivity contribution in [3.05, 3.63) is 64.4 Å². The molecule has 8 nitrogen and oxygen atoms in total. The summed E-state index contributed by atoms with van der Waals surface area (Å²) in [5, 5.41) is 8.32. The zero-order chi connectivity index (χ0) is 20.0. The average Bonchev–Trinajstić information content (AvgIpc) is 3.47. The fourth-order valence-electron chi connectivity index (χ4n) is 4.60. The van der Waals surface area contributed by atoms with E-state index in [0.29, 0.717) is 23.3 Å². The summed E-state index contributed by atoms with van der Waals surface area (Å²) in [6, 6.07) is 12.6. The van der Waals surface area contributed by atoms with Crippen LogP contribution in [0.1, 0.15) is 36.9 Å². The molecule has 1 aliphatic heterocycles. The summed E-state index contributed by atoms with van der Waals surface area (Å²) in [6.45, 7) is 1.71. The molecule has 148 valence electrons. The van der Waals surface area contributed by atoms with Gasteiger partial charge in [-0.05, 0) is 38.2 Å². The Balaban J connectivity index is 1.43. The molecule has 29 heavy (non-hydrogen) atoms. The summed E-state index contributed by atoms with van der Waals surface area (Å²) >= 11 is 0. The Morgan fingerprint density at radius 3 is 2.83 bits per heavy atom. The largest absolute Gasteiger partial charge is 0.337 e. The van der Waals surface area contributed by atoms with Gasteiger partial charge in [0.2, 0.25) is 17.6 Å². The molecule has 2 aromatic heterocycles.